The molecule has 2 aromatic carbocycles. The number of nitrogens with zero attached hydrogens (tertiary/aromatic N) is 1. The van der Waals surface area contributed by atoms with Crippen LogP contribution < -0.4 is 0 Å². The van der Waals surface area contributed by atoms with Crippen LogP contribution in [0.5, 0.6) is 0 Å². The first-order chi connectivity index (χ1) is 12.9. The van der Waals surface area contributed by atoms with Crippen molar-refractivity contribution >= 4 is 21.5 Å². The second-order valence-corrected chi connectivity index (χ2v) is 9.00. The van der Waals surface area contributed by atoms with E-state index < -0.39 is 20.9 Å². The molecule has 0 aliphatic carbocycles. The summed E-state index contributed by atoms with van der Waals surface area (Å²) in [6.45, 7) is 3.10. The lowest BCUT2D eigenvalue weighted by atomic mass is 10.1. The summed E-state index contributed by atoms with van der Waals surface area (Å²) >= 11 is 0. The van der Waals surface area contributed by atoms with Crippen LogP contribution in [0.4, 0.5) is 0 Å². The number of sulfone groups is 1. The maximum Gasteiger partial charge on any atom is 0.224 e. The van der Waals surface area contributed by atoms with Crippen LogP contribution in [-0.4, -0.2) is 43.3 Å². The van der Waals surface area contributed by atoms with E-state index in [9.17, 15) is 18.0 Å². The normalized spacial score (nSPS) is 15.5. The minimum absolute atomic E-state index is 0.0663. The number of carbonyl (C=O) groups excluding carboxylic acids is 2. The van der Waals surface area contributed by atoms with Gasteiger partial charge in [-0.15, -0.1) is 0 Å². The van der Waals surface area contributed by atoms with Crippen LogP contribution in [0.2, 0.25) is 0 Å². The van der Waals surface area contributed by atoms with Crippen molar-refractivity contribution in [3.8, 4) is 0 Å². The van der Waals surface area contributed by atoms with E-state index in [2.05, 4.69) is 0 Å². The molecule has 5 nitrogen and oxygen atoms in total. The monoisotopic (exact) mass is 385 g/mol. The molecule has 1 aliphatic heterocycles. The molecular weight excluding hydrogens is 362 g/mol. The smallest absolute Gasteiger partial charge is 0.224 e. The molecule has 142 valence electrons. The highest BCUT2D eigenvalue weighted by Gasteiger charge is 2.37. The Morgan fingerprint density at radius 1 is 0.963 bits per heavy atom. The van der Waals surface area contributed by atoms with Gasteiger partial charge in [0.1, 0.15) is 5.25 Å². The third-order valence-electron chi connectivity index (χ3n) is 4.89. The zero-order chi connectivity index (χ0) is 19.4. The first-order valence-electron chi connectivity index (χ1n) is 9.07. The number of Topliss-reactive ketones (excluding diaryl/α,β-unsaturated/α-hetero) is 1. The minimum Gasteiger partial charge on any atom is -0.343 e. The molecule has 27 heavy (non-hydrogen) atoms. The molecule has 1 saturated heterocycles. The molecule has 0 saturated carbocycles. The van der Waals surface area contributed by atoms with Crippen molar-refractivity contribution in [3.63, 3.8) is 0 Å². The van der Waals surface area contributed by atoms with Crippen LogP contribution in [0.25, 0.3) is 0 Å². The largest absolute Gasteiger partial charge is 0.343 e. The van der Waals surface area contributed by atoms with E-state index in [1.54, 1.807) is 47.4 Å². The van der Waals surface area contributed by atoms with E-state index in [1.807, 2.05) is 6.92 Å². The molecule has 0 aromatic heterocycles. The Kier molecular flexibility index (Phi) is 5.75. The highest BCUT2D eigenvalue weighted by Crippen LogP contribution is 2.24. The summed E-state index contributed by atoms with van der Waals surface area (Å²) in [5.74, 6) is -0.818. The number of likely N-dealkylation sites (tertiary alicyclic amines) is 1. The zero-order valence-electron chi connectivity index (χ0n) is 15.3. The highest BCUT2D eigenvalue weighted by molar-refractivity contribution is 7.92. The van der Waals surface area contributed by atoms with E-state index >= 15 is 0 Å². The Morgan fingerprint density at radius 2 is 1.56 bits per heavy atom. The van der Waals surface area contributed by atoms with Crippen molar-refractivity contribution in [3.05, 3.63) is 65.7 Å². The average molecular weight is 385 g/mol. The molecule has 2 aromatic rings. The summed E-state index contributed by atoms with van der Waals surface area (Å²) in [5.41, 5.74) is 1.22. The van der Waals surface area contributed by atoms with E-state index in [0.717, 1.165) is 18.4 Å². The van der Waals surface area contributed by atoms with Gasteiger partial charge in [-0.1, -0.05) is 48.0 Å². The quantitative estimate of drug-likeness (QED) is 0.717. The maximum absolute atomic E-state index is 13.2. The number of hydrogen-bond acceptors (Lipinski definition) is 4. The molecule has 1 fully saturated rings. The standard InChI is InChI=1S/C21H23NO4S/c1-16-9-11-18(12-10-16)27(25,26)19(15-20(23)22-13-5-6-14-22)21(24)17-7-3-2-4-8-17/h2-4,7-12,19H,5-6,13-15H2,1H3. The average Bonchev–Trinajstić information content (AvgIpc) is 3.21. The second-order valence-electron chi connectivity index (χ2n) is 6.87. The number of hydrogen-bond donors (Lipinski definition) is 0. The van der Waals surface area contributed by atoms with Crippen molar-refractivity contribution in [1.29, 1.82) is 0 Å². The summed E-state index contributed by atoms with van der Waals surface area (Å²) in [4.78, 5) is 27.4. The molecule has 0 spiro atoms. The molecule has 0 bridgehead atoms. The fourth-order valence-electron chi connectivity index (χ4n) is 3.28. The van der Waals surface area contributed by atoms with E-state index in [0.29, 0.717) is 18.7 Å². The van der Waals surface area contributed by atoms with Crippen LogP contribution in [0.1, 0.15) is 35.2 Å². The molecule has 0 radical (unpaired) electrons. The molecule has 1 unspecified atom stereocenters. The van der Waals surface area contributed by atoms with Gasteiger partial charge in [-0.3, -0.25) is 9.59 Å². The number of rotatable bonds is 6. The Hall–Kier alpha value is -2.47. The lowest BCUT2D eigenvalue weighted by Crippen LogP contribution is -2.38. The van der Waals surface area contributed by atoms with Gasteiger partial charge < -0.3 is 4.90 Å². The van der Waals surface area contributed by atoms with Crippen LogP contribution in [-0.2, 0) is 14.6 Å². The summed E-state index contributed by atoms with van der Waals surface area (Å²) in [5, 5.41) is -1.42. The molecular formula is C21H23NO4S. The van der Waals surface area contributed by atoms with Gasteiger partial charge in [0.2, 0.25) is 5.91 Å². The first-order valence-corrected chi connectivity index (χ1v) is 10.6. The fourth-order valence-corrected chi connectivity index (χ4v) is 4.90. The zero-order valence-corrected chi connectivity index (χ0v) is 16.1. The topological polar surface area (TPSA) is 71.5 Å². The van der Waals surface area contributed by atoms with Crippen molar-refractivity contribution in [2.75, 3.05) is 13.1 Å². The number of benzene rings is 2. The van der Waals surface area contributed by atoms with E-state index in [1.165, 1.54) is 12.1 Å². The molecule has 1 amide bonds. The second kappa shape index (κ2) is 8.05. The summed E-state index contributed by atoms with van der Waals surface area (Å²) in [7, 11) is -3.99. The van der Waals surface area contributed by atoms with E-state index in [4.69, 9.17) is 0 Å². The Balaban J connectivity index is 1.96. The number of carbonyl (C=O) groups is 2. The van der Waals surface area contributed by atoms with Gasteiger partial charge in [-0.25, -0.2) is 8.42 Å². The van der Waals surface area contributed by atoms with Gasteiger partial charge in [0.05, 0.1) is 11.3 Å². The van der Waals surface area contributed by atoms with Crippen LogP contribution in [0, 0.1) is 6.92 Å². The third kappa shape index (κ3) is 4.27. The molecule has 1 atom stereocenters. The highest BCUT2D eigenvalue weighted by atomic mass is 32.2. The van der Waals surface area contributed by atoms with Crippen LogP contribution >= 0.6 is 0 Å². The summed E-state index contributed by atoms with van der Waals surface area (Å²) in [6.07, 6.45) is 1.49. The van der Waals surface area contributed by atoms with Crippen LogP contribution in [0.15, 0.2) is 59.5 Å². The van der Waals surface area contributed by atoms with Gasteiger partial charge in [-0.2, -0.15) is 0 Å². The van der Waals surface area contributed by atoms with Crippen molar-refractivity contribution in [2.24, 2.45) is 0 Å². The fraction of sp³-hybridized carbons (Fsp3) is 0.333. The van der Waals surface area contributed by atoms with Crippen molar-refractivity contribution < 1.29 is 18.0 Å². The van der Waals surface area contributed by atoms with Crippen molar-refractivity contribution in [1.82, 2.24) is 4.90 Å². The number of aryl methyl sites for hydroxylation is 1. The lowest BCUT2D eigenvalue weighted by Gasteiger charge is -2.21. The third-order valence-corrected chi connectivity index (χ3v) is 6.95. The Bertz CT molecular complexity index is 914. The predicted octanol–water partition coefficient (Wildman–Crippen LogP) is 3.03. The Morgan fingerprint density at radius 3 is 2.15 bits per heavy atom. The SMILES string of the molecule is Cc1ccc(S(=O)(=O)C(CC(=O)N2CCCC2)C(=O)c2ccccc2)cc1. The molecule has 1 aliphatic rings. The van der Waals surface area contributed by atoms with Crippen LogP contribution in [0.3, 0.4) is 0 Å². The minimum atomic E-state index is -3.99. The number of amides is 1. The predicted molar refractivity (Wildman–Crippen MR) is 103 cm³/mol. The van der Waals surface area contributed by atoms with E-state index in [-0.39, 0.29) is 17.2 Å². The van der Waals surface area contributed by atoms with Gasteiger partial charge in [0.15, 0.2) is 15.6 Å². The number of ketones is 1. The summed E-state index contributed by atoms with van der Waals surface area (Å²) in [6, 6.07) is 14.7. The lowest BCUT2D eigenvalue weighted by molar-refractivity contribution is -0.130. The first kappa shape index (κ1) is 19.3. The molecule has 0 N–H and O–H groups in total. The van der Waals surface area contributed by atoms with Gasteiger partial charge in [-0.05, 0) is 31.9 Å². The van der Waals surface area contributed by atoms with Gasteiger partial charge in [0, 0.05) is 18.7 Å². The van der Waals surface area contributed by atoms with Gasteiger partial charge >= 0.3 is 0 Å². The van der Waals surface area contributed by atoms with Gasteiger partial charge in [0.25, 0.3) is 0 Å². The van der Waals surface area contributed by atoms with Crippen molar-refractivity contribution in [2.45, 2.75) is 36.3 Å². The molecule has 3 rings (SSSR count). The Labute approximate surface area is 159 Å². The summed E-state index contributed by atoms with van der Waals surface area (Å²) < 4.78 is 26.4. The molecule has 1 heterocycles. The maximum atomic E-state index is 13.2. The molecule has 6 heteroatoms.